The van der Waals surface area contributed by atoms with E-state index in [1.54, 1.807) is 0 Å². The summed E-state index contributed by atoms with van der Waals surface area (Å²) in [6.07, 6.45) is -0.734. The van der Waals surface area contributed by atoms with Crippen molar-refractivity contribution >= 4 is 5.69 Å². The van der Waals surface area contributed by atoms with Crippen molar-refractivity contribution in [1.82, 2.24) is 9.88 Å². The summed E-state index contributed by atoms with van der Waals surface area (Å²) >= 11 is 0. The number of hydrogen-bond donors (Lipinski definition) is 1. The number of hydrogen-bond acceptors (Lipinski definition) is 4. The maximum absolute atomic E-state index is 13.4. The number of alkyl halides is 1. The summed E-state index contributed by atoms with van der Waals surface area (Å²) in [5.74, 6) is 0. The van der Waals surface area contributed by atoms with Crippen LogP contribution in [0.4, 0.5) is 10.1 Å². The fourth-order valence-corrected chi connectivity index (χ4v) is 2.56. The molecule has 2 rings (SSSR count). The Bertz CT molecular complexity index is 453. The van der Waals surface area contributed by atoms with Crippen LogP contribution in [0.3, 0.4) is 0 Å². The average Bonchev–Trinajstić information content (AvgIpc) is 2.41. The van der Waals surface area contributed by atoms with Gasteiger partial charge in [0.25, 0.3) is 0 Å². The molecule has 2 heterocycles. The van der Waals surface area contributed by atoms with Gasteiger partial charge in [-0.25, -0.2) is 4.39 Å². The Balaban J connectivity index is 2.25. The molecule has 0 saturated carbocycles. The predicted molar refractivity (Wildman–Crippen MR) is 78.7 cm³/mol. The zero-order valence-corrected chi connectivity index (χ0v) is 12.5. The number of β-amino-alcohol motifs (C(OH)–C–C–N with tert-alkyl or cyclic N) is 1. The quantitative estimate of drug-likeness (QED) is 0.910. The largest absolute Gasteiger partial charge is 0.388 e. The van der Waals surface area contributed by atoms with Gasteiger partial charge in [0.05, 0.1) is 11.4 Å². The maximum atomic E-state index is 13.4. The molecule has 1 fully saturated rings. The molecule has 1 N–H and O–H groups in total. The monoisotopic (exact) mass is 281 g/mol. The number of halogens is 1. The molecule has 5 heteroatoms. The van der Waals surface area contributed by atoms with E-state index in [1.165, 1.54) is 0 Å². The Labute approximate surface area is 120 Å². The lowest BCUT2D eigenvalue weighted by Gasteiger charge is -2.35. The molecule has 4 nitrogen and oxygen atoms in total. The number of rotatable bonds is 4. The third-order valence-electron chi connectivity index (χ3n) is 3.68. The van der Waals surface area contributed by atoms with E-state index in [-0.39, 0.29) is 0 Å². The molecule has 0 aromatic carbocycles. The summed E-state index contributed by atoms with van der Waals surface area (Å²) in [7, 11) is 4.01. The first-order valence-corrected chi connectivity index (χ1v) is 7.22. The lowest BCUT2D eigenvalue weighted by atomic mass is 10.0. The first-order chi connectivity index (χ1) is 9.51. The van der Waals surface area contributed by atoms with Gasteiger partial charge in [-0.1, -0.05) is 6.92 Å². The van der Waals surface area contributed by atoms with Crippen molar-refractivity contribution in [2.24, 2.45) is 0 Å². The normalized spacial score (nSPS) is 23.4. The molecule has 1 aromatic rings. The molecule has 1 aromatic heterocycles. The second-order valence-corrected chi connectivity index (χ2v) is 5.68. The molecule has 0 unspecified atom stereocenters. The van der Waals surface area contributed by atoms with E-state index in [0.29, 0.717) is 19.5 Å². The highest BCUT2D eigenvalue weighted by atomic mass is 19.1. The number of pyridine rings is 1. The molecule has 0 radical (unpaired) electrons. The molecule has 20 heavy (non-hydrogen) atoms. The second-order valence-electron chi connectivity index (χ2n) is 5.68. The fraction of sp³-hybridized carbons (Fsp3) is 0.667. The molecule has 1 aliphatic heterocycles. The first-order valence-electron chi connectivity index (χ1n) is 7.22. The summed E-state index contributed by atoms with van der Waals surface area (Å²) in [5.41, 5.74) is 3.08. The highest BCUT2D eigenvalue weighted by Crippen LogP contribution is 2.25. The van der Waals surface area contributed by atoms with E-state index in [0.717, 1.165) is 30.0 Å². The van der Waals surface area contributed by atoms with Crippen molar-refractivity contribution < 1.29 is 9.50 Å². The lowest BCUT2D eigenvalue weighted by molar-refractivity contribution is 0.0644. The van der Waals surface area contributed by atoms with Crippen LogP contribution in [0.2, 0.25) is 0 Å². The van der Waals surface area contributed by atoms with Gasteiger partial charge in [0.1, 0.15) is 12.3 Å². The molecule has 2 atom stereocenters. The Morgan fingerprint density at radius 3 is 2.80 bits per heavy atom. The van der Waals surface area contributed by atoms with Crippen molar-refractivity contribution in [3.8, 4) is 0 Å². The molecule has 1 saturated heterocycles. The third kappa shape index (κ3) is 3.46. The highest BCUT2D eigenvalue weighted by molar-refractivity contribution is 5.52. The van der Waals surface area contributed by atoms with Gasteiger partial charge in [0.15, 0.2) is 0 Å². The van der Waals surface area contributed by atoms with Crippen LogP contribution < -0.4 is 4.90 Å². The van der Waals surface area contributed by atoms with E-state index >= 15 is 0 Å². The Hall–Kier alpha value is -1.20. The van der Waals surface area contributed by atoms with Crippen LogP contribution in [0.25, 0.3) is 0 Å². The minimum absolute atomic E-state index is 0.342. The fourth-order valence-electron chi connectivity index (χ4n) is 2.56. The molecule has 0 bridgehead atoms. The first kappa shape index (κ1) is 15.2. The van der Waals surface area contributed by atoms with Crippen molar-refractivity contribution in [2.75, 3.05) is 32.1 Å². The average molecular weight is 281 g/mol. The van der Waals surface area contributed by atoms with Gasteiger partial charge in [-0.2, -0.15) is 0 Å². The number of aliphatic hydroxyl groups excluding tert-OH is 1. The van der Waals surface area contributed by atoms with E-state index in [1.807, 2.05) is 25.1 Å². The van der Waals surface area contributed by atoms with Crippen molar-refractivity contribution in [2.45, 2.75) is 38.6 Å². The van der Waals surface area contributed by atoms with Crippen LogP contribution in [-0.2, 0) is 13.0 Å². The molecule has 0 amide bonds. The van der Waals surface area contributed by atoms with Gasteiger partial charge in [-0.3, -0.25) is 4.98 Å². The number of aryl methyl sites for hydroxylation is 1. The van der Waals surface area contributed by atoms with Gasteiger partial charge < -0.3 is 14.9 Å². The van der Waals surface area contributed by atoms with Gasteiger partial charge in [-0.05, 0) is 39.1 Å². The number of aliphatic hydroxyl groups is 1. The summed E-state index contributed by atoms with van der Waals surface area (Å²) in [6.45, 7) is 3.80. The molecule has 112 valence electrons. The number of piperidine rings is 1. The SMILES string of the molecule is CCc1ccc(N2CC[C@H](F)[C@@H](O)C2)c(CN(C)C)n1. The third-order valence-corrected chi connectivity index (χ3v) is 3.68. The summed E-state index contributed by atoms with van der Waals surface area (Å²) in [4.78, 5) is 8.81. The Kier molecular flexibility index (Phi) is 4.94. The number of aromatic nitrogens is 1. The minimum atomic E-state index is -1.11. The standard InChI is InChI=1S/C15H24FN3O/c1-4-11-5-6-14(13(17-11)9-18(2)3)19-8-7-12(16)15(20)10-19/h5-6,12,15,20H,4,7-10H2,1-3H3/t12-,15-/m0/s1. The Morgan fingerprint density at radius 2 is 2.20 bits per heavy atom. The molecule has 1 aliphatic rings. The van der Waals surface area contributed by atoms with Crippen molar-refractivity contribution in [3.05, 3.63) is 23.5 Å². The smallest absolute Gasteiger partial charge is 0.129 e. The van der Waals surface area contributed by atoms with Gasteiger partial charge in [-0.15, -0.1) is 0 Å². The Morgan fingerprint density at radius 1 is 1.45 bits per heavy atom. The van der Waals surface area contributed by atoms with Gasteiger partial charge >= 0.3 is 0 Å². The second kappa shape index (κ2) is 6.50. The van der Waals surface area contributed by atoms with E-state index < -0.39 is 12.3 Å². The molecule has 0 spiro atoms. The minimum Gasteiger partial charge on any atom is -0.388 e. The van der Waals surface area contributed by atoms with Gasteiger partial charge in [0.2, 0.25) is 0 Å². The van der Waals surface area contributed by atoms with Crippen LogP contribution in [0.15, 0.2) is 12.1 Å². The zero-order chi connectivity index (χ0) is 14.7. The van der Waals surface area contributed by atoms with Crippen LogP contribution in [0, 0.1) is 0 Å². The molecular weight excluding hydrogens is 257 g/mol. The lowest BCUT2D eigenvalue weighted by Crippen LogP contribution is -2.45. The predicted octanol–water partition coefficient (Wildman–Crippen LogP) is 1.61. The molecule has 0 aliphatic carbocycles. The summed E-state index contributed by atoms with van der Waals surface area (Å²) in [5, 5.41) is 9.74. The highest BCUT2D eigenvalue weighted by Gasteiger charge is 2.28. The van der Waals surface area contributed by atoms with Crippen LogP contribution >= 0.6 is 0 Å². The number of anilines is 1. The van der Waals surface area contributed by atoms with Gasteiger partial charge in [0, 0.05) is 25.3 Å². The van der Waals surface area contributed by atoms with E-state index in [9.17, 15) is 9.50 Å². The summed E-state index contributed by atoms with van der Waals surface area (Å²) < 4.78 is 13.4. The van der Waals surface area contributed by atoms with Crippen molar-refractivity contribution in [3.63, 3.8) is 0 Å². The summed E-state index contributed by atoms with van der Waals surface area (Å²) in [6, 6.07) is 4.07. The topological polar surface area (TPSA) is 39.6 Å². The van der Waals surface area contributed by atoms with E-state index in [2.05, 4.69) is 17.9 Å². The molecular formula is C15H24FN3O. The number of nitrogens with zero attached hydrogens (tertiary/aromatic N) is 3. The van der Waals surface area contributed by atoms with Crippen LogP contribution in [0.1, 0.15) is 24.7 Å². The zero-order valence-electron chi connectivity index (χ0n) is 12.5. The van der Waals surface area contributed by atoms with Crippen LogP contribution in [0.5, 0.6) is 0 Å². The van der Waals surface area contributed by atoms with Crippen LogP contribution in [-0.4, -0.2) is 54.5 Å². The van der Waals surface area contributed by atoms with E-state index in [4.69, 9.17) is 4.98 Å². The maximum Gasteiger partial charge on any atom is 0.129 e. The van der Waals surface area contributed by atoms with Crippen molar-refractivity contribution in [1.29, 1.82) is 0 Å².